The summed E-state index contributed by atoms with van der Waals surface area (Å²) in [7, 11) is 0. The first-order valence-electron chi connectivity index (χ1n) is 4.87. The molecule has 1 aromatic rings. The zero-order valence-corrected chi connectivity index (χ0v) is 10.8. The van der Waals surface area contributed by atoms with Crippen molar-refractivity contribution in [2.75, 3.05) is 0 Å². The fraction of sp³-hybridized carbons (Fsp3) is 0.111. The van der Waals surface area contributed by atoms with E-state index >= 15 is 0 Å². The number of thiocarbonyl (C=S) groups is 1. The van der Waals surface area contributed by atoms with E-state index in [4.69, 9.17) is 12.2 Å². The molecule has 0 aromatic heterocycles. The van der Waals surface area contributed by atoms with Crippen molar-refractivity contribution in [2.45, 2.75) is 5.37 Å². The molecular weight excluding hydrogens is 292 g/mol. The van der Waals surface area contributed by atoms with Crippen LogP contribution in [0.3, 0.4) is 0 Å². The summed E-state index contributed by atoms with van der Waals surface area (Å²) in [5.74, 6) is -0.677. The molecule has 1 amide bonds. The Morgan fingerprint density at radius 3 is 2.84 bits per heavy atom. The molecule has 98 valence electrons. The summed E-state index contributed by atoms with van der Waals surface area (Å²) in [6, 6.07) is 3.34. The van der Waals surface area contributed by atoms with Gasteiger partial charge in [0.15, 0.2) is 0 Å². The first-order valence-corrected chi connectivity index (χ1v) is 6.16. The second-order valence-corrected chi connectivity index (χ2v) is 5.15. The molecule has 0 saturated carbocycles. The Morgan fingerprint density at radius 1 is 1.53 bits per heavy atom. The maximum atomic E-state index is 11.3. The van der Waals surface area contributed by atoms with Crippen LogP contribution in [0, 0.1) is 10.1 Å². The van der Waals surface area contributed by atoms with Gasteiger partial charge in [-0.2, -0.15) is 10.2 Å². The lowest BCUT2D eigenvalue weighted by molar-refractivity contribution is -0.384. The fourth-order valence-electron chi connectivity index (χ4n) is 1.24. The van der Waals surface area contributed by atoms with Crippen molar-refractivity contribution in [1.82, 2.24) is 5.32 Å². The van der Waals surface area contributed by atoms with Crippen molar-refractivity contribution in [3.63, 3.8) is 0 Å². The molecule has 10 heteroatoms. The minimum atomic E-state index is -0.842. The lowest BCUT2D eigenvalue weighted by Crippen LogP contribution is -2.22. The number of rotatable bonds is 3. The molecule has 8 nitrogen and oxygen atoms in total. The van der Waals surface area contributed by atoms with Gasteiger partial charge in [0.2, 0.25) is 5.37 Å². The molecule has 2 rings (SSSR count). The molecule has 0 bridgehead atoms. The van der Waals surface area contributed by atoms with E-state index in [1.807, 2.05) is 0 Å². The number of hydrogen-bond donors (Lipinski definition) is 2. The van der Waals surface area contributed by atoms with E-state index in [0.717, 1.165) is 30.0 Å². The molecule has 1 fully saturated rings. The van der Waals surface area contributed by atoms with Gasteiger partial charge >= 0.3 is 0 Å². The third kappa shape index (κ3) is 3.03. The summed E-state index contributed by atoms with van der Waals surface area (Å²) in [6.07, 6.45) is 0. The number of aromatic hydroxyl groups is 1. The summed E-state index contributed by atoms with van der Waals surface area (Å²) in [5.41, 5.74) is -0.314. The number of nitro benzene ring substituents is 1. The largest absolute Gasteiger partial charge is 0.506 e. The Balaban J connectivity index is 2.23. The number of phenolic OH excluding ortho intramolecular Hbond substituents is 1. The molecule has 1 aliphatic rings. The number of phenols is 1. The van der Waals surface area contributed by atoms with Crippen LogP contribution in [0.4, 0.5) is 11.4 Å². The first kappa shape index (κ1) is 13.4. The van der Waals surface area contributed by atoms with Gasteiger partial charge in [0.1, 0.15) is 15.8 Å². The predicted molar refractivity (Wildman–Crippen MR) is 71.4 cm³/mol. The smallest absolute Gasteiger partial charge is 0.271 e. The van der Waals surface area contributed by atoms with Crippen LogP contribution in [0.1, 0.15) is 0 Å². The van der Waals surface area contributed by atoms with Crippen LogP contribution in [0.15, 0.2) is 28.4 Å². The summed E-state index contributed by atoms with van der Waals surface area (Å²) in [4.78, 5) is 21.3. The Bertz CT molecular complexity index is 604. The van der Waals surface area contributed by atoms with Gasteiger partial charge in [0.05, 0.1) is 4.92 Å². The van der Waals surface area contributed by atoms with Gasteiger partial charge in [0.25, 0.3) is 11.6 Å². The second kappa shape index (κ2) is 5.28. The summed E-state index contributed by atoms with van der Waals surface area (Å²) in [5, 5.41) is 29.0. The number of non-ortho nitro benzene ring substituents is 1. The highest BCUT2D eigenvalue weighted by Gasteiger charge is 2.29. The normalized spacial score (nSPS) is 18.8. The van der Waals surface area contributed by atoms with Crippen molar-refractivity contribution in [1.29, 1.82) is 0 Å². The minimum absolute atomic E-state index is 0.0829. The first-order chi connectivity index (χ1) is 8.97. The molecule has 1 saturated heterocycles. The van der Waals surface area contributed by atoms with Gasteiger partial charge in [-0.1, -0.05) is 24.0 Å². The highest BCUT2D eigenvalue weighted by Crippen LogP contribution is 2.32. The average Bonchev–Trinajstić information content (AvgIpc) is 2.66. The Morgan fingerprint density at radius 2 is 2.26 bits per heavy atom. The van der Waals surface area contributed by atoms with Gasteiger partial charge in [-0.05, 0) is 6.07 Å². The Kier molecular flexibility index (Phi) is 3.71. The lowest BCUT2D eigenvalue weighted by atomic mass is 10.2. The molecule has 0 radical (unpaired) electrons. The van der Waals surface area contributed by atoms with Crippen molar-refractivity contribution < 1.29 is 14.8 Å². The summed E-state index contributed by atoms with van der Waals surface area (Å²) < 4.78 is 0.289. The van der Waals surface area contributed by atoms with Crippen LogP contribution in [0.5, 0.6) is 5.75 Å². The van der Waals surface area contributed by atoms with E-state index < -0.39 is 16.2 Å². The number of amides is 1. The van der Waals surface area contributed by atoms with Gasteiger partial charge in [-0.25, -0.2) is 0 Å². The van der Waals surface area contributed by atoms with Gasteiger partial charge in [-0.15, -0.1) is 0 Å². The van der Waals surface area contributed by atoms with Crippen LogP contribution in [0.2, 0.25) is 0 Å². The molecule has 2 N–H and O–H groups in total. The number of carbonyl (C=O) groups is 1. The average molecular weight is 298 g/mol. The topological polar surface area (TPSA) is 117 Å². The fourth-order valence-corrected chi connectivity index (χ4v) is 2.24. The van der Waals surface area contributed by atoms with E-state index in [1.54, 1.807) is 0 Å². The van der Waals surface area contributed by atoms with Crippen LogP contribution in [0.25, 0.3) is 0 Å². The van der Waals surface area contributed by atoms with Crippen molar-refractivity contribution in [3.05, 3.63) is 28.3 Å². The maximum absolute atomic E-state index is 11.3. The van der Waals surface area contributed by atoms with E-state index in [1.165, 1.54) is 0 Å². The summed E-state index contributed by atoms with van der Waals surface area (Å²) >= 11 is 5.78. The third-order valence-corrected chi connectivity index (χ3v) is 3.35. The number of azo groups is 1. The third-order valence-electron chi connectivity index (χ3n) is 2.11. The number of nitrogens with one attached hydrogen (secondary N) is 1. The highest BCUT2D eigenvalue weighted by atomic mass is 32.2. The Labute approximate surface area is 116 Å². The van der Waals surface area contributed by atoms with Gasteiger partial charge in [0, 0.05) is 12.1 Å². The molecule has 19 heavy (non-hydrogen) atoms. The summed E-state index contributed by atoms with van der Waals surface area (Å²) in [6.45, 7) is 0. The van der Waals surface area contributed by atoms with Gasteiger partial charge < -0.3 is 10.4 Å². The molecular formula is C9H6N4O4S2. The molecule has 1 atom stereocenters. The van der Waals surface area contributed by atoms with Crippen molar-refractivity contribution in [2.24, 2.45) is 10.2 Å². The monoisotopic (exact) mass is 298 g/mol. The zero-order chi connectivity index (χ0) is 14.0. The molecule has 1 aromatic carbocycles. The number of carbonyl (C=O) groups excluding carboxylic acids is 1. The maximum Gasteiger partial charge on any atom is 0.271 e. The van der Waals surface area contributed by atoms with Crippen molar-refractivity contribution in [3.8, 4) is 5.75 Å². The standard InChI is InChI=1S/C9H6N4O4S2/c14-6-2-1-4(13(16)17)3-5(6)11-12-8-7(15)10-9(18)19-8/h1-3,8,14H,(H,10,15,18). The highest BCUT2D eigenvalue weighted by molar-refractivity contribution is 8.24. The van der Waals surface area contributed by atoms with E-state index in [0.29, 0.717) is 0 Å². The molecule has 1 unspecified atom stereocenters. The number of thioether (sulfide) groups is 1. The minimum Gasteiger partial charge on any atom is -0.506 e. The second-order valence-electron chi connectivity index (χ2n) is 3.39. The number of benzene rings is 1. The molecule has 1 aliphatic heterocycles. The van der Waals surface area contributed by atoms with Crippen LogP contribution < -0.4 is 5.32 Å². The lowest BCUT2D eigenvalue weighted by Gasteiger charge is -1.99. The Hall–Kier alpha value is -2.07. The van der Waals surface area contributed by atoms with E-state index in [-0.39, 0.29) is 21.4 Å². The molecule has 0 spiro atoms. The zero-order valence-electron chi connectivity index (χ0n) is 9.14. The van der Waals surface area contributed by atoms with Crippen LogP contribution >= 0.6 is 24.0 Å². The quantitative estimate of drug-likeness (QED) is 0.380. The SMILES string of the molecule is O=C1NC(=S)SC1N=Nc1cc([N+](=O)[O-])ccc1O. The number of nitrogens with zero attached hydrogens (tertiary/aromatic N) is 3. The van der Waals surface area contributed by atoms with Crippen LogP contribution in [-0.2, 0) is 4.79 Å². The molecule has 1 heterocycles. The van der Waals surface area contributed by atoms with Crippen molar-refractivity contribution >= 4 is 45.6 Å². The predicted octanol–water partition coefficient (Wildman–Crippen LogP) is 1.86. The van der Waals surface area contributed by atoms with E-state index in [9.17, 15) is 20.0 Å². The van der Waals surface area contributed by atoms with Gasteiger partial charge in [-0.3, -0.25) is 14.9 Å². The number of hydrogen-bond acceptors (Lipinski definition) is 8. The van der Waals surface area contributed by atoms with E-state index in [2.05, 4.69) is 15.5 Å². The molecule has 0 aliphatic carbocycles. The number of nitro groups is 1. The van der Waals surface area contributed by atoms with Crippen LogP contribution in [-0.4, -0.2) is 25.6 Å².